The molecule has 1 aliphatic heterocycles. The van der Waals surface area contributed by atoms with E-state index in [0.29, 0.717) is 16.5 Å². The second-order valence-corrected chi connectivity index (χ2v) is 9.78. The van der Waals surface area contributed by atoms with Crippen LogP contribution >= 0.6 is 11.3 Å². The number of anilines is 1. The molecule has 0 bridgehead atoms. The van der Waals surface area contributed by atoms with E-state index in [-0.39, 0.29) is 5.91 Å². The average molecular weight is 420 g/mol. The molecular weight excluding hydrogens is 390 g/mol. The molecule has 2 aliphatic rings. The number of rotatable bonds is 3. The quantitative estimate of drug-likeness (QED) is 0.591. The van der Waals surface area contributed by atoms with Gasteiger partial charge in [0.15, 0.2) is 0 Å². The van der Waals surface area contributed by atoms with Gasteiger partial charge in [-0.2, -0.15) is 0 Å². The number of amides is 1. The van der Waals surface area contributed by atoms with Crippen LogP contribution in [0.2, 0.25) is 0 Å². The third kappa shape index (κ3) is 3.83. The molecule has 1 aromatic carbocycles. The second-order valence-electron chi connectivity index (χ2n) is 8.78. The Morgan fingerprint density at radius 1 is 1.10 bits per heavy atom. The van der Waals surface area contributed by atoms with Gasteiger partial charge in [-0.05, 0) is 68.1 Å². The molecule has 2 aromatic heterocycles. The molecule has 0 unspecified atom stereocenters. The highest BCUT2D eigenvalue weighted by atomic mass is 32.1. The monoisotopic (exact) mass is 419 g/mol. The predicted molar refractivity (Wildman–Crippen MR) is 124 cm³/mol. The first kappa shape index (κ1) is 19.6. The molecule has 1 saturated heterocycles. The van der Waals surface area contributed by atoms with Gasteiger partial charge in [0.2, 0.25) is 0 Å². The fourth-order valence-electron chi connectivity index (χ4n) is 4.93. The third-order valence-corrected chi connectivity index (χ3v) is 7.82. The number of piperidine rings is 1. The standard InChI is InChI=1S/C25H29N3OS/c26-22-20-16-19-9-5-2-6-10-21(19)27-24(20)30-23(22)25(29)28-13-11-18(12-14-28)15-17-7-3-1-4-8-17/h1,3-4,7-8,16,18H,2,5-6,9-15,26H2. The van der Waals surface area contributed by atoms with E-state index < -0.39 is 0 Å². The lowest BCUT2D eigenvalue weighted by molar-refractivity contribution is 0.0696. The maximum Gasteiger partial charge on any atom is 0.266 e. The smallest absolute Gasteiger partial charge is 0.266 e. The van der Waals surface area contributed by atoms with Crippen molar-refractivity contribution in [2.45, 2.75) is 51.4 Å². The first-order chi connectivity index (χ1) is 14.7. The van der Waals surface area contributed by atoms with Crippen LogP contribution in [0.3, 0.4) is 0 Å². The van der Waals surface area contributed by atoms with E-state index in [1.807, 2.05) is 4.90 Å². The maximum atomic E-state index is 13.3. The van der Waals surface area contributed by atoms with E-state index in [9.17, 15) is 4.79 Å². The Balaban J connectivity index is 1.31. The minimum absolute atomic E-state index is 0.0869. The van der Waals surface area contributed by atoms with E-state index in [4.69, 9.17) is 10.7 Å². The minimum atomic E-state index is 0.0869. The maximum absolute atomic E-state index is 13.3. The van der Waals surface area contributed by atoms with Crippen LogP contribution in [0, 0.1) is 5.92 Å². The van der Waals surface area contributed by atoms with Crippen molar-refractivity contribution in [2.75, 3.05) is 18.8 Å². The molecule has 0 atom stereocenters. The highest BCUT2D eigenvalue weighted by molar-refractivity contribution is 7.21. The molecule has 0 radical (unpaired) electrons. The third-order valence-electron chi connectivity index (χ3n) is 6.71. The number of nitrogens with two attached hydrogens (primary N) is 1. The van der Waals surface area contributed by atoms with Gasteiger partial charge in [0.25, 0.3) is 5.91 Å². The lowest BCUT2D eigenvalue weighted by atomic mass is 9.90. The van der Waals surface area contributed by atoms with Gasteiger partial charge in [0, 0.05) is 24.2 Å². The Kier molecular flexibility index (Phi) is 5.47. The molecule has 3 aromatic rings. The number of fused-ring (bicyclic) bond motifs is 2. The second kappa shape index (κ2) is 8.38. The van der Waals surface area contributed by atoms with E-state index in [0.717, 1.165) is 55.4 Å². The Morgan fingerprint density at radius 2 is 1.87 bits per heavy atom. The number of aryl methyl sites for hydroxylation is 2. The van der Waals surface area contributed by atoms with Crippen molar-refractivity contribution in [3.8, 4) is 0 Å². The van der Waals surface area contributed by atoms with Crippen LogP contribution in [0.1, 0.15) is 58.6 Å². The summed E-state index contributed by atoms with van der Waals surface area (Å²) in [6.45, 7) is 1.63. The molecule has 4 nitrogen and oxygen atoms in total. The van der Waals surface area contributed by atoms with Crippen molar-refractivity contribution >= 4 is 33.1 Å². The fraction of sp³-hybridized carbons (Fsp3) is 0.440. The minimum Gasteiger partial charge on any atom is -0.397 e. The number of carbonyl (C=O) groups is 1. The highest BCUT2D eigenvalue weighted by Crippen LogP contribution is 2.36. The van der Waals surface area contributed by atoms with Crippen LogP contribution < -0.4 is 5.73 Å². The van der Waals surface area contributed by atoms with Gasteiger partial charge in [-0.1, -0.05) is 36.8 Å². The molecule has 3 heterocycles. The Morgan fingerprint density at radius 3 is 2.67 bits per heavy atom. The number of nitrogens with zero attached hydrogens (tertiary/aromatic N) is 2. The van der Waals surface area contributed by atoms with E-state index in [1.54, 1.807) is 0 Å². The van der Waals surface area contributed by atoms with Crippen LogP contribution in [0.4, 0.5) is 5.69 Å². The predicted octanol–water partition coefficient (Wildman–Crippen LogP) is 5.24. The fourth-order valence-corrected chi connectivity index (χ4v) is 5.99. The molecule has 1 aliphatic carbocycles. The number of thiophene rings is 1. The number of benzene rings is 1. The molecule has 5 rings (SSSR count). The van der Waals surface area contributed by atoms with Gasteiger partial charge in [-0.3, -0.25) is 4.79 Å². The zero-order valence-corrected chi connectivity index (χ0v) is 18.2. The average Bonchev–Trinajstić information content (AvgIpc) is 2.94. The van der Waals surface area contributed by atoms with Crippen molar-refractivity contribution in [1.82, 2.24) is 9.88 Å². The molecule has 5 heteroatoms. The number of likely N-dealkylation sites (tertiary alicyclic amines) is 1. The SMILES string of the molecule is Nc1c(C(=O)N2CCC(Cc3ccccc3)CC2)sc2nc3c(cc12)CCCCC3. The highest BCUT2D eigenvalue weighted by Gasteiger charge is 2.27. The van der Waals surface area contributed by atoms with Crippen molar-refractivity contribution in [3.05, 3.63) is 58.1 Å². The van der Waals surface area contributed by atoms with Gasteiger partial charge in [-0.25, -0.2) is 4.98 Å². The molecule has 2 N–H and O–H groups in total. The number of aromatic nitrogens is 1. The number of hydrogen-bond donors (Lipinski definition) is 1. The lowest BCUT2D eigenvalue weighted by Crippen LogP contribution is -2.38. The summed E-state index contributed by atoms with van der Waals surface area (Å²) in [6, 6.07) is 12.9. The van der Waals surface area contributed by atoms with E-state index in [2.05, 4.69) is 36.4 Å². The molecule has 30 heavy (non-hydrogen) atoms. The summed E-state index contributed by atoms with van der Waals surface area (Å²) < 4.78 is 0. The van der Waals surface area contributed by atoms with Crippen molar-refractivity contribution < 1.29 is 4.79 Å². The molecule has 0 spiro atoms. The number of hydrogen-bond acceptors (Lipinski definition) is 4. The number of pyridine rings is 1. The first-order valence-electron chi connectivity index (χ1n) is 11.2. The van der Waals surface area contributed by atoms with Crippen LogP contribution in [-0.2, 0) is 19.3 Å². The normalized spacial score (nSPS) is 17.7. The Hall–Kier alpha value is -2.40. The van der Waals surface area contributed by atoms with Gasteiger partial charge in [-0.15, -0.1) is 11.3 Å². The first-order valence-corrected chi connectivity index (χ1v) is 12.0. The largest absolute Gasteiger partial charge is 0.397 e. The van der Waals surface area contributed by atoms with Crippen LogP contribution in [0.15, 0.2) is 36.4 Å². The summed E-state index contributed by atoms with van der Waals surface area (Å²) in [7, 11) is 0. The van der Waals surface area contributed by atoms with Crippen molar-refractivity contribution in [3.63, 3.8) is 0 Å². The zero-order chi connectivity index (χ0) is 20.5. The summed E-state index contributed by atoms with van der Waals surface area (Å²) >= 11 is 1.48. The van der Waals surface area contributed by atoms with Gasteiger partial charge in [0.05, 0.1) is 5.69 Å². The zero-order valence-electron chi connectivity index (χ0n) is 17.4. The van der Waals surface area contributed by atoms with Crippen molar-refractivity contribution in [1.29, 1.82) is 0 Å². The topological polar surface area (TPSA) is 59.2 Å². The summed E-state index contributed by atoms with van der Waals surface area (Å²) in [6.07, 6.45) is 9.01. The Labute approximate surface area is 182 Å². The van der Waals surface area contributed by atoms with Gasteiger partial charge in [0.1, 0.15) is 9.71 Å². The van der Waals surface area contributed by atoms with Crippen molar-refractivity contribution in [2.24, 2.45) is 5.92 Å². The molecular formula is C25H29N3OS. The van der Waals surface area contributed by atoms with Crippen LogP contribution in [0.25, 0.3) is 10.2 Å². The van der Waals surface area contributed by atoms with Crippen LogP contribution in [0.5, 0.6) is 0 Å². The molecule has 0 saturated carbocycles. The van der Waals surface area contributed by atoms with Gasteiger partial charge >= 0.3 is 0 Å². The van der Waals surface area contributed by atoms with Gasteiger partial charge < -0.3 is 10.6 Å². The Bertz CT molecular complexity index is 1050. The summed E-state index contributed by atoms with van der Waals surface area (Å²) in [5.41, 5.74) is 11.0. The summed E-state index contributed by atoms with van der Waals surface area (Å²) in [5, 5.41) is 0.975. The molecule has 1 fully saturated rings. The lowest BCUT2D eigenvalue weighted by Gasteiger charge is -2.32. The molecule has 156 valence electrons. The summed E-state index contributed by atoms with van der Waals surface area (Å²) in [5.74, 6) is 0.734. The van der Waals surface area contributed by atoms with Crippen LogP contribution in [-0.4, -0.2) is 28.9 Å². The number of nitrogen functional groups attached to an aromatic ring is 1. The van der Waals surface area contributed by atoms with E-state index >= 15 is 0 Å². The summed E-state index contributed by atoms with van der Waals surface area (Å²) in [4.78, 5) is 21.8. The molecule has 1 amide bonds. The van der Waals surface area contributed by atoms with E-state index in [1.165, 1.54) is 47.4 Å². The number of carbonyl (C=O) groups excluding carboxylic acids is 1.